The molecule has 2 rings (SSSR count). The fourth-order valence-corrected chi connectivity index (χ4v) is 2.92. The van der Waals surface area contributed by atoms with Gasteiger partial charge in [0.25, 0.3) is 0 Å². The maximum absolute atomic E-state index is 13.6. The summed E-state index contributed by atoms with van der Waals surface area (Å²) < 4.78 is 13.6. The summed E-state index contributed by atoms with van der Waals surface area (Å²) in [7, 11) is 0. The lowest BCUT2D eigenvalue weighted by Gasteiger charge is -2.08. The van der Waals surface area contributed by atoms with Crippen molar-refractivity contribution in [2.24, 2.45) is 0 Å². The summed E-state index contributed by atoms with van der Waals surface area (Å²) in [6.07, 6.45) is 0. The first-order valence-electron chi connectivity index (χ1n) is 5.83. The van der Waals surface area contributed by atoms with E-state index < -0.39 is 0 Å². The highest BCUT2D eigenvalue weighted by atomic mass is 32.2. The van der Waals surface area contributed by atoms with Crippen molar-refractivity contribution in [2.75, 3.05) is 5.73 Å². The standard InChI is InChI=1S/C15H16FNS/c1-11-5-2-3-6-12(11)9-18-10-13-14(16)7-4-8-15(13)17/h2-8H,9-10,17H2,1H3. The van der Waals surface area contributed by atoms with Gasteiger partial charge in [-0.2, -0.15) is 11.8 Å². The zero-order valence-corrected chi connectivity index (χ0v) is 11.1. The highest BCUT2D eigenvalue weighted by Gasteiger charge is 2.06. The van der Waals surface area contributed by atoms with E-state index in [0.717, 1.165) is 5.75 Å². The van der Waals surface area contributed by atoms with Crippen LogP contribution in [0.1, 0.15) is 16.7 Å². The summed E-state index contributed by atoms with van der Waals surface area (Å²) in [5.74, 6) is 1.26. The summed E-state index contributed by atoms with van der Waals surface area (Å²) in [6, 6.07) is 13.1. The molecule has 0 aliphatic heterocycles. The Kier molecular flexibility index (Phi) is 4.26. The highest BCUT2D eigenvalue weighted by molar-refractivity contribution is 7.97. The lowest BCUT2D eigenvalue weighted by Crippen LogP contribution is -1.96. The summed E-state index contributed by atoms with van der Waals surface area (Å²) in [5.41, 5.74) is 9.48. The number of benzene rings is 2. The SMILES string of the molecule is Cc1ccccc1CSCc1c(N)cccc1F. The van der Waals surface area contributed by atoms with Crippen LogP contribution in [0.15, 0.2) is 42.5 Å². The van der Waals surface area contributed by atoms with E-state index in [4.69, 9.17) is 5.73 Å². The lowest BCUT2D eigenvalue weighted by molar-refractivity contribution is 0.618. The zero-order valence-electron chi connectivity index (χ0n) is 10.3. The Labute approximate surface area is 111 Å². The summed E-state index contributed by atoms with van der Waals surface area (Å²) in [6.45, 7) is 2.09. The maximum atomic E-state index is 13.6. The van der Waals surface area contributed by atoms with Crippen molar-refractivity contribution in [3.63, 3.8) is 0 Å². The van der Waals surface area contributed by atoms with Crippen molar-refractivity contribution in [1.82, 2.24) is 0 Å². The third-order valence-corrected chi connectivity index (χ3v) is 3.93. The van der Waals surface area contributed by atoms with E-state index in [1.54, 1.807) is 23.9 Å². The zero-order chi connectivity index (χ0) is 13.0. The van der Waals surface area contributed by atoms with E-state index in [2.05, 4.69) is 19.1 Å². The molecule has 0 heterocycles. The lowest BCUT2D eigenvalue weighted by atomic mass is 10.1. The van der Waals surface area contributed by atoms with Crippen LogP contribution in [-0.4, -0.2) is 0 Å². The fourth-order valence-electron chi connectivity index (χ4n) is 1.76. The molecule has 0 unspecified atom stereocenters. The van der Waals surface area contributed by atoms with Gasteiger partial charge >= 0.3 is 0 Å². The second kappa shape index (κ2) is 5.91. The van der Waals surface area contributed by atoms with Crippen LogP contribution in [0.3, 0.4) is 0 Å². The number of rotatable bonds is 4. The predicted molar refractivity (Wildman–Crippen MR) is 77.0 cm³/mol. The number of aryl methyl sites for hydroxylation is 1. The quantitative estimate of drug-likeness (QED) is 0.837. The molecule has 0 fully saturated rings. The van der Waals surface area contributed by atoms with Crippen LogP contribution in [0.2, 0.25) is 0 Å². The molecule has 18 heavy (non-hydrogen) atoms. The maximum Gasteiger partial charge on any atom is 0.129 e. The van der Waals surface area contributed by atoms with Gasteiger partial charge in [-0.3, -0.25) is 0 Å². The third kappa shape index (κ3) is 3.05. The van der Waals surface area contributed by atoms with E-state index in [0.29, 0.717) is 17.0 Å². The van der Waals surface area contributed by atoms with Crippen molar-refractivity contribution in [2.45, 2.75) is 18.4 Å². The minimum Gasteiger partial charge on any atom is -0.398 e. The fraction of sp³-hybridized carbons (Fsp3) is 0.200. The normalized spacial score (nSPS) is 10.6. The van der Waals surface area contributed by atoms with Gasteiger partial charge in [0, 0.05) is 22.8 Å². The van der Waals surface area contributed by atoms with Gasteiger partial charge in [0.15, 0.2) is 0 Å². The van der Waals surface area contributed by atoms with Crippen LogP contribution < -0.4 is 5.73 Å². The number of anilines is 1. The largest absolute Gasteiger partial charge is 0.398 e. The van der Waals surface area contributed by atoms with Crippen LogP contribution in [-0.2, 0) is 11.5 Å². The average molecular weight is 261 g/mol. The topological polar surface area (TPSA) is 26.0 Å². The molecular weight excluding hydrogens is 245 g/mol. The second-order valence-electron chi connectivity index (χ2n) is 4.23. The Morgan fingerprint density at radius 2 is 1.83 bits per heavy atom. The molecule has 0 aliphatic rings. The molecule has 0 bridgehead atoms. The van der Waals surface area contributed by atoms with Gasteiger partial charge in [-0.1, -0.05) is 30.3 Å². The molecular formula is C15H16FNS. The summed E-state index contributed by atoms with van der Waals surface area (Å²) >= 11 is 1.68. The van der Waals surface area contributed by atoms with Crippen molar-refractivity contribution in [1.29, 1.82) is 0 Å². The first-order chi connectivity index (χ1) is 8.68. The molecule has 0 amide bonds. The molecule has 2 aromatic carbocycles. The number of nitrogen functional groups attached to an aromatic ring is 1. The Bertz CT molecular complexity index is 520. The van der Waals surface area contributed by atoms with Gasteiger partial charge in [0.05, 0.1) is 0 Å². The average Bonchev–Trinajstić information content (AvgIpc) is 2.35. The van der Waals surface area contributed by atoms with E-state index in [1.165, 1.54) is 17.2 Å². The molecule has 1 nitrogen and oxygen atoms in total. The van der Waals surface area contributed by atoms with Crippen LogP contribution in [0.4, 0.5) is 10.1 Å². The minimum atomic E-state index is -0.215. The van der Waals surface area contributed by atoms with Crippen molar-refractivity contribution in [3.05, 3.63) is 65.0 Å². The molecule has 94 valence electrons. The van der Waals surface area contributed by atoms with Crippen molar-refractivity contribution in [3.8, 4) is 0 Å². The van der Waals surface area contributed by atoms with Gasteiger partial charge < -0.3 is 5.73 Å². The van der Waals surface area contributed by atoms with Crippen LogP contribution in [0.25, 0.3) is 0 Å². The molecule has 0 saturated heterocycles. The van der Waals surface area contributed by atoms with E-state index in [1.807, 2.05) is 12.1 Å². The third-order valence-electron chi connectivity index (χ3n) is 2.92. The van der Waals surface area contributed by atoms with Gasteiger partial charge in [-0.05, 0) is 30.2 Å². The van der Waals surface area contributed by atoms with E-state index in [9.17, 15) is 4.39 Å². The molecule has 0 aromatic heterocycles. The van der Waals surface area contributed by atoms with Gasteiger partial charge in [-0.15, -0.1) is 0 Å². The minimum absolute atomic E-state index is 0.215. The Hall–Kier alpha value is -1.48. The molecule has 0 aliphatic carbocycles. The number of hydrogen-bond acceptors (Lipinski definition) is 2. The van der Waals surface area contributed by atoms with Crippen molar-refractivity contribution >= 4 is 17.4 Å². The molecule has 3 heteroatoms. The highest BCUT2D eigenvalue weighted by Crippen LogP contribution is 2.24. The van der Waals surface area contributed by atoms with Gasteiger partial charge in [0.2, 0.25) is 0 Å². The Balaban J connectivity index is 1.99. The molecule has 0 radical (unpaired) electrons. The Morgan fingerprint density at radius 1 is 1.06 bits per heavy atom. The van der Waals surface area contributed by atoms with Crippen LogP contribution in [0.5, 0.6) is 0 Å². The molecule has 2 N–H and O–H groups in total. The predicted octanol–water partition coefficient (Wildman–Crippen LogP) is 4.15. The van der Waals surface area contributed by atoms with Crippen LogP contribution >= 0.6 is 11.8 Å². The van der Waals surface area contributed by atoms with E-state index >= 15 is 0 Å². The Morgan fingerprint density at radius 3 is 2.56 bits per heavy atom. The first-order valence-corrected chi connectivity index (χ1v) is 6.99. The number of nitrogens with two attached hydrogens (primary N) is 1. The van der Waals surface area contributed by atoms with Crippen molar-refractivity contribution < 1.29 is 4.39 Å². The van der Waals surface area contributed by atoms with Crippen LogP contribution in [0, 0.1) is 12.7 Å². The summed E-state index contributed by atoms with van der Waals surface area (Å²) in [4.78, 5) is 0. The summed E-state index contributed by atoms with van der Waals surface area (Å²) in [5, 5.41) is 0. The molecule has 0 atom stereocenters. The first kappa shape index (κ1) is 13.0. The van der Waals surface area contributed by atoms with Gasteiger partial charge in [-0.25, -0.2) is 4.39 Å². The number of thioether (sulfide) groups is 1. The van der Waals surface area contributed by atoms with E-state index in [-0.39, 0.29) is 5.82 Å². The molecule has 2 aromatic rings. The second-order valence-corrected chi connectivity index (χ2v) is 5.21. The van der Waals surface area contributed by atoms with Gasteiger partial charge in [0.1, 0.15) is 5.82 Å². The molecule has 0 saturated carbocycles. The smallest absolute Gasteiger partial charge is 0.129 e. The monoisotopic (exact) mass is 261 g/mol. The number of hydrogen-bond donors (Lipinski definition) is 1. The molecule has 0 spiro atoms. The number of halogens is 1.